The summed E-state index contributed by atoms with van der Waals surface area (Å²) in [4.78, 5) is 12.2. The number of rotatable bonds is 6. The Morgan fingerprint density at radius 2 is 1.78 bits per heavy atom. The first-order chi connectivity index (χ1) is 11.1. The van der Waals surface area contributed by atoms with Gasteiger partial charge in [0.15, 0.2) is 0 Å². The fraction of sp³-hybridized carbons (Fsp3) is 0.316. The number of carbonyl (C=O) groups excluding carboxylic acids is 1. The van der Waals surface area contributed by atoms with Gasteiger partial charge in [0, 0.05) is 5.02 Å². The number of hydrogen-bond donors (Lipinski definition) is 2. The van der Waals surface area contributed by atoms with Crippen molar-refractivity contribution < 1.29 is 9.90 Å². The third-order valence-electron chi connectivity index (χ3n) is 4.39. The maximum absolute atomic E-state index is 12.2. The lowest BCUT2D eigenvalue weighted by Crippen LogP contribution is -2.43. The Balaban J connectivity index is 1.66. The lowest BCUT2D eigenvalue weighted by atomic mass is 9.88. The maximum Gasteiger partial charge on any atom is 0.224 e. The van der Waals surface area contributed by atoms with E-state index in [1.807, 2.05) is 48.5 Å². The van der Waals surface area contributed by atoms with Gasteiger partial charge in [0.25, 0.3) is 0 Å². The molecule has 1 amide bonds. The van der Waals surface area contributed by atoms with Crippen LogP contribution < -0.4 is 5.32 Å². The van der Waals surface area contributed by atoms with Gasteiger partial charge in [-0.3, -0.25) is 4.79 Å². The molecule has 0 aliphatic heterocycles. The molecule has 0 aromatic heterocycles. The molecule has 1 aliphatic rings. The quantitative estimate of drug-likeness (QED) is 0.854. The van der Waals surface area contributed by atoms with Crippen LogP contribution in [0.5, 0.6) is 0 Å². The minimum Gasteiger partial charge on any atom is -0.383 e. The number of halogens is 1. The molecule has 2 aromatic carbocycles. The van der Waals surface area contributed by atoms with Gasteiger partial charge in [0.2, 0.25) is 5.91 Å². The topological polar surface area (TPSA) is 49.3 Å². The van der Waals surface area contributed by atoms with Gasteiger partial charge in [-0.05, 0) is 36.0 Å². The van der Waals surface area contributed by atoms with Gasteiger partial charge in [0.05, 0.1) is 13.0 Å². The Kier molecular flexibility index (Phi) is 4.69. The summed E-state index contributed by atoms with van der Waals surface area (Å²) in [5.41, 5.74) is 0.666. The summed E-state index contributed by atoms with van der Waals surface area (Å²) >= 11 is 6.09. The van der Waals surface area contributed by atoms with E-state index in [4.69, 9.17) is 11.6 Å². The van der Waals surface area contributed by atoms with Crippen LogP contribution in [0.3, 0.4) is 0 Å². The second-order valence-electron chi connectivity index (χ2n) is 6.11. The van der Waals surface area contributed by atoms with Crippen LogP contribution in [0.1, 0.15) is 24.0 Å². The first kappa shape index (κ1) is 16.0. The van der Waals surface area contributed by atoms with Crippen molar-refractivity contribution in [2.45, 2.75) is 24.9 Å². The number of amides is 1. The first-order valence-electron chi connectivity index (χ1n) is 7.87. The van der Waals surface area contributed by atoms with E-state index in [0.717, 1.165) is 24.0 Å². The zero-order valence-electron chi connectivity index (χ0n) is 12.8. The molecule has 0 radical (unpaired) electrons. The van der Waals surface area contributed by atoms with Crippen molar-refractivity contribution in [2.75, 3.05) is 6.54 Å². The van der Waals surface area contributed by atoms with E-state index >= 15 is 0 Å². The predicted molar refractivity (Wildman–Crippen MR) is 91.2 cm³/mol. The summed E-state index contributed by atoms with van der Waals surface area (Å²) < 4.78 is 0. The molecule has 1 unspecified atom stereocenters. The van der Waals surface area contributed by atoms with E-state index in [9.17, 15) is 9.90 Å². The van der Waals surface area contributed by atoms with E-state index in [2.05, 4.69) is 5.32 Å². The number of benzene rings is 2. The van der Waals surface area contributed by atoms with Gasteiger partial charge < -0.3 is 10.4 Å². The SMILES string of the molecule is O=C(Cc1ccccc1Cl)NCC(O)(c1ccccc1)C1CC1. The van der Waals surface area contributed by atoms with Gasteiger partial charge in [-0.1, -0.05) is 60.1 Å². The zero-order valence-corrected chi connectivity index (χ0v) is 13.6. The normalized spacial score (nSPS) is 16.6. The van der Waals surface area contributed by atoms with Crippen LogP contribution in [0.25, 0.3) is 0 Å². The molecule has 3 nitrogen and oxygen atoms in total. The fourth-order valence-electron chi connectivity index (χ4n) is 2.88. The summed E-state index contributed by atoms with van der Waals surface area (Å²) in [7, 11) is 0. The highest BCUT2D eigenvalue weighted by molar-refractivity contribution is 6.31. The van der Waals surface area contributed by atoms with Crippen LogP contribution in [0, 0.1) is 5.92 Å². The Bertz CT molecular complexity index is 685. The Morgan fingerprint density at radius 1 is 1.13 bits per heavy atom. The molecule has 0 spiro atoms. The third-order valence-corrected chi connectivity index (χ3v) is 4.76. The molecular weight excluding hydrogens is 310 g/mol. The monoisotopic (exact) mass is 329 g/mol. The van der Waals surface area contributed by atoms with Gasteiger partial charge >= 0.3 is 0 Å². The van der Waals surface area contributed by atoms with Gasteiger partial charge in [-0.2, -0.15) is 0 Å². The molecule has 1 saturated carbocycles. The average Bonchev–Trinajstić information content (AvgIpc) is 3.41. The van der Waals surface area contributed by atoms with Gasteiger partial charge in [0.1, 0.15) is 5.60 Å². The van der Waals surface area contributed by atoms with Crippen molar-refractivity contribution in [3.8, 4) is 0 Å². The van der Waals surface area contributed by atoms with Crippen molar-refractivity contribution in [1.29, 1.82) is 0 Å². The largest absolute Gasteiger partial charge is 0.383 e. The molecule has 4 heteroatoms. The van der Waals surface area contributed by atoms with E-state index < -0.39 is 5.60 Å². The van der Waals surface area contributed by atoms with E-state index in [1.54, 1.807) is 6.07 Å². The molecule has 23 heavy (non-hydrogen) atoms. The van der Waals surface area contributed by atoms with Gasteiger partial charge in [-0.25, -0.2) is 0 Å². The van der Waals surface area contributed by atoms with Crippen LogP contribution in [0.4, 0.5) is 0 Å². The van der Waals surface area contributed by atoms with E-state index in [1.165, 1.54) is 0 Å². The standard InChI is InChI=1S/C19H20ClNO2/c20-17-9-5-4-6-14(17)12-18(22)21-13-19(23,16-10-11-16)15-7-2-1-3-8-15/h1-9,16,23H,10-13H2,(H,21,22). The smallest absolute Gasteiger partial charge is 0.224 e. The van der Waals surface area contributed by atoms with Crippen LogP contribution in [0.15, 0.2) is 54.6 Å². The molecule has 3 rings (SSSR count). The molecule has 1 aliphatic carbocycles. The number of hydrogen-bond acceptors (Lipinski definition) is 2. The van der Waals surface area contributed by atoms with Crippen molar-refractivity contribution in [1.82, 2.24) is 5.32 Å². The van der Waals surface area contributed by atoms with Crippen molar-refractivity contribution in [2.24, 2.45) is 5.92 Å². The molecule has 0 saturated heterocycles. The third kappa shape index (κ3) is 3.74. The molecule has 2 aromatic rings. The van der Waals surface area contributed by atoms with E-state index in [-0.39, 0.29) is 24.8 Å². The van der Waals surface area contributed by atoms with Crippen LogP contribution in [-0.2, 0) is 16.8 Å². The lowest BCUT2D eigenvalue weighted by molar-refractivity contribution is -0.122. The first-order valence-corrected chi connectivity index (χ1v) is 8.25. The number of nitrogens with one attached hydrogen (secondary N) is 1. The van der Waals surface area contributed by atoms with E-state index in [0.29, 0.717) is 5.02 Å². The predicted octanol–water partition coefficient (Wildman–Crippen LogP) is 3.30. The highest BCUT2D eigenvalue weighted by atomic mass is 35.5. The highest BCUT2D eigenvalue weighted by Gasteiger charge is 2.45. The molecule has 1 fully saturated rings. The fourth-order valence-corrected chi connectivity index (χ4v) is 3.08. The molecular formula is C19H20ClNO2. The Hall–Kier alpha value is -1.84. The molecule has 0 heterocycles. The van der Waals surface area contributed by atoms with Crippen molar-refractivity contribution in [3.63, 3.8) is 0 Å². The van der Waals surface area contributed by atoms with Crippen LogP contribution in [0.2, 0.25) is 5.02 Å². The minimum absolute atomic E-state index is 0.131. The summed E-state index contributed by atoms with van der Waals surface area (Å²) in [5, 5.41) is 14.5. The summed E-state index contributed by atoms with van der Waals surface area (Å²) in [6.45, 7) is 0.227. The zero-order chi connectivity index (χ0) is 16.3. The lowest BCUT2D eigenvalue weighted by Gasteiger charge is -2.29. The maximum atomic E-state index is 12.2. The summed E-state index contributed by atoms with van der Waals surface area (Å²) in [6, 6.07) is 16.9. The summed E-state index contributed by atoms with van der Waals surface area (Å²) in [6.07, 6.45) is 2.20. The second kappa shape index (κ2) is 6.73. The average molecular weight is 330 g/mol. The van der Waals surface area contributed by atoms with Crippen molar-refractivity contribution in [3.05, 3.63) is 70.7 Å². The Labute approximate surface area is 141 Å². The molecule has 120 valence electrons. The second-order valence-corrected chi connectivity index (χ2v) is 6.52. The van der Waals surface area contributed by atoms with Crippen LogP contribution >= 0.6 is 11.6 Å². The summed E-state index contributed by atoms with van der Waals surface area (Å²) in [5.74, 6) is 0.0821. The molecule has 2 N–H and O–H groups in total. The van der Waals surface area contributed by atoms with Crippen molar-refractivity contribution >= 4 is 17.5 Å². The number of carbonyl (C=O) groups is 1. The highest BCUT2D eigenvalue weighted by Crippen LogP contribution is 2.45. The van der Waals surface area contributed by atoms with Gasteiger partial charge in [-0.15, -0.1) is 0 Å². The minimum atomic E-state index is -0.989. The van der Waals surface area contributed by atoms with Crippen LogP contribution in [-0.4, -0.2) is 17.6 Å². The number of aliphatic hydroxyl groups is 1. The molecule has 1 atom stereocenters. The Morgan fingerprint density at radius 3 is 2.43 bits per heavy atom. The molecule has 0 bridgehead atoms.